The van der Waals surface area contributed by atoms with E-state index < -0.39 is 17.0 Å². The first-order chi connectivity index (χ1) is 11.8. The summed E-state index contributed by atoms with van der Waals surface area (Å²) >= 11 is 9.12. The third-order valence-electron chi connectivity index (χ3n) is 3.10. The molecule has 25 heavy (non-hydrogen) atoms. The number of carbonyl (C=O) groups is 1. The van der Waals surface area contributed by atoms with Crippen molar-refractivity contribution in [3.63, 3.8) is 0 Å². The van der Waals surface area contributed by atoms with Crippen molar-refractivity contribution in [1.29, 1.82) is 0 Å². The predicted octanol–water partition coefficient (Wildman–Crippen LogP) is 4.39. The van der Waals surface area contributed by atoms with E-state index in [0.29, 0.717) is 15.2 Å². The number of nitro benzene ring substituents is 1. The van der Waals surface area contributed by atoms with Crippen LogP contribution in [0.2, 0.25) is 5.02 Å². The Bertz CT molecular complexity index is 813. The molecule has 2 rings (SSSR count). The quantitative estimate of drug-likeness (QED) is 0.292. The first-order valence-corrected chi connectivity index (χ1v) is 8.14. The molecule has 0 heterocycles. The Kier molecular flexibility index (Phi) is 6.22. The van der Waals surface area contributed by atoms with E-state index in [2.05, 4.69) is 15.9 Å². The summed E-state index contributed by atoms with van der Waals surface area (Å²) in [6.07, 6.45) is -1.00. The van der Waals surface area contributed by atoms with Gasteiger partial charge in [-0.2, -0.15) is 0 Å². The van der Waals surface area contributed by atoms with Crippen molar-refractivity contribution in [2.24, 2.45) is 0 Å². The molecule has 1 atom stereocenters. The van der Waals surface area contributed by atoms with E-state index in [9.17, 15) is 14.9 Å². The van der Waals surface area contributed by atoms with Gasteiger partial charge in [0, 0.05) is 5.02 Å². The highest BCUT2D eigenvalue weighted by Crippen LogP contribution is 2.32. The Balaban J connectivity index is 2.14. The van der Waals surface area contributed by atoms with Crippen LogP contribution in [0.25, 0.3) is 0 Å². The maximum Gasteiger partial charge on any atom is 0.352 e. The van der Waals surface area contributed by atoms with Crippen molar-refractivity contribution in [2.45, 2.75) is 13.0 Å². The van der Waals surface area contributed by atoms with Gasteiger partial charge in [-0.25, -0.2) is 4.79 Å². The molecule has 0 aliphatic carbocycles. The number of halogens is 2. The van der Waals surface area contributed by atoms with Crippen LogP contribution in [0.3, 0.4) is 0 Å². The SMILES string of the molecule is COc1ccc(OC(=O)C(C)Oc2ccc(Cl)cc2Br)c([N+](=O)[O-])c1. The zero-order valence-electron chi connectivity index (χ0n) is 13.2. The lowest BCUT2D eigenvalue weighted by Crippen LogP contribution is -2.28. The lowest BCUT2D eigenvalue weighted by molar-refractivity contribution is -0.385. The molecule has 0 spiro atoms. The molecule has 0 saturated heterocycles. The second kappa shape index (κ2) is 8.17. The highest BCUT2D eigenvalue weighted by Gasteiger charge is 2.24. The fourth-order valence-electron chi connectivity index (χ4n) is 1.85. The molecule has 0 amide bonds. The molecule has 132 valence electrons. The van der Waals surface area contributed by atoms with Gasteiger partial charge in [0.15, 0.2) is 6.10 Å². The molecule has 0 aliphatic rings. The number of benzene rings is 2. The predicted molar refractivity (Wildman–Crippen MR) is 94.5 cm³/mol. The molecule has 1 unspecified atom stereocenters. The molecular weight excluding hydrogens is 418 g/mol. The van der Waals surface area contributed by atoms with Crippen LogP contribution in [0.15, 0.2) is 40.9 Å². The normalized spacial score (nSPS) is 11.5. The summed E-state index contributed by atoms with van der Waals surface area (Å²) in [7, 11) is 1.38. The van der Waals surface area contributed by atoms with E-state index in [1.54, 1.807) is 18.2 Å². The molecule has 0 fully saturated rings. The van der Waals surface area contributed by atoms with Crippen LogP contribution in [0.5, 0.6) is 17.2 Å². The van der Waals surface area contributed by atoms with Crippen molar-refractivity contribution in [2.75, 3.05) is 7.11 Å². The minimum Gasteiger partial charge on any atom is -0.496 e. The topological polar surface area (TPSA) is 87.9 Å². The Morgan fingerprint density at radius 2 is 1.92 bits per heavy atom. The van der Waals surface area contributed by atoms with Crippen LogP contribution in [0.1, 0.15) is 6.92 Å². The number of methoxy groups -OCH3 is 1. The summed E-state index contributed by atoms with van der Waals surface area (Å²) in [6.45, 7) is 1.47. The van der Waals surface area contributed by atoms with Gasteiger partial charge in [-0.15, -0.1) is 0 Å². The fraction of sp³-hybridized carbons (Fsp3) is 0.188. The van der Waals surface area contributed by atoms with Crippen LogP contribution in [0, 0.1) is 10.1 Å². The molecule has 0 N–H and O–H groups in total. The van der Waals surface area contributed by atoms with Crippen LogP contribution >= 0.6 is 27.5 Å². The first-order valence-electron chi connectivity index (χ1n) is 6.97. The number of nitro groups is 1. The average Bonchev–Trinajstić information content (AvgIpc) is 2.57. The van der Waals surface area contributed by atoms with Crippen LogP contribution in [-0.2, 0) is 4.79 Å². The molecule has 2 aromatic rings. The smallest absolute Gasteiger partial charge is 0.352 e. The summed E-state index contributed by atoms with van der Waals surface area (Å²) in [5.74, 6) is -0.310. The van der Waals surface area contributed by atoms with Crippen molar-refractivity contribution in [1.82, 2.24) is 0 Å². The summed E-state index contributed by atoms with van der Waals surface area (Å²) < 4.78 is 16.1. The maximum atomic E-state index is 12.2. The molecule has 0 aliphatic heterocycles. The van der Waals surface area contributed by atoms with Gasteiger partial charge in [0.05, 0.1) is 22.6 Å². The molecule has 0 bridgehead atoms. The Hall–Kier alpha value is -2.32. The number of carbonyl (C=O) groups excluding carboxylic acids is 1. The maximum absolute atomic E-state index is 12.2. The Morgan fingerprint density at radius 1 is 1.24 bits per heavy atom. The van der Waals surface area contributed by atoms with Gasteiger partial charge in [0.1, 0.15) is 11.5 Å². The van der Waals surface area contributed by atoms with E-state index in [1.807, 2.05) is 0 Å². The van der Waals surface area contributed by atoms with Gasteiger partial charge in [0.2, 0.25) is 5.75 Å². The number of rotatable bonds is 6. The number of hydrogen-bond donors (Lipinski definition) is 0. The van der Waals surface area contributed by atoms with Gasteiger partial charge in [-0.1, -0.05) is 11.6 Å². The monoisotopic (exact) mass is 429 g/mol. The summed E-state index contributed by atoms with van der Waals surface area (Å²) in [5, 5.41) is 11.6. The van der Waals surface area contributed by atoms with Gasteiger partial charge >= 0.3 is 11.7 Å². The van der Waals surface area contributed by atoms with Crippen molar-refractivity contribution >= 4 is 39.2 Å². The fourth-order valence-corrected chi connectivity index (χ4v) is 2.63. The van der Waals surface area contributed by atoms with Gasteiger partial charge in [-0.05, 0) is 53.2 Å². The second-order valence-corrected chi connectivity index (χ2v) is 6.14. The second-order valence-electron chi connectivity index (χ2n) is 4.85. The van der Waals surface area contributed by atoms with E-state index in [4.69, 9.17) is 25.8 Å². The Labute approximate surface area is 156 Å². The lowest BCUT2D eigenvalue weighted by atomic mass is 10.2. The van der Waals surface area contributed by atoms with E-state index in [1.165, 1.54) is 32.2 Å². The largest absolute Gasteiger partial charge is 0.496 e. The zero-order valence-corrected chi connectivity index (χ0v) is 15.5. The van der Waals surface area contributed by atoms with Crippen LogP contribution in [-0.4, -0.2) is 24.1 Å². The highest BCUT2D eigenvalue weighted by atomic mass is 79.9. The molecule has 7 nitrogen and oxygen atoms in total. The summed E-state index contributed by atoms with van der Waals surface area (Å²) in [5.41, 5.74) is -0.382. The van der Waals surface area contributed by atoms with Crippen LogP contribution < -0.4 is 14.2 Å². The van der Waals surface area contributed by atoms with Gasteiger partial charge in [0.25, 0.3) is 0 Å². The van der Waals surface area contributed by atoms with Crippen molar-refractivity contribution in [3.05, 3.63) is 56.0 Å². The number of nitrogens with zero attached hydrogens (tertiary/aromatic N) is 1. The van der Waals surface area contributed by atoms with E-state index in [0.717, 1.165) is 0 Å². The number of hydrogen-bond acceptors (Lipinski definition) is 6. The molecule has 2 aromatic carbocycles. The van der Waals surface area contributed by atoms with E-state index in [-0.39, 0.29) is 17.2 Å². The van der Waals surface area contributed by atoms with E-state index >= 15 is 0 Å². The van der Waals surface area contributed by atoms with Gasteiger partial charge in [-0.3, -0.25) is 10.1 Å². The molecule has 0 aromatic heterocycles. The molecule has 9 heteroatoms. The van der Waals surface area contributed by atoms with Gasteiger partial charge < -0.3 is 14.2 Å². The number of esters is 1. The zero-order chi connectivity index (χ0) is 18.6. The Morgan fingerprint density at radius 3 is 2.52 bits per heavy atom. The molecule has 0 radical (unpaired) electrons. The molecular formula is C16H13BrClNO6. The van der Waals surface area contributed by atoms with Crippen LogP contribution in [0.4, 0.5) is 5.69 Å². The highest BCUT2D eigenvalue weighted by molar-refractivity contribution is 9.10. The lowest BCUT2D eigenvalue weighted by Gasteiger charge is -2.15. The third-order valence-corrected chi connectivity index (χ3v) is 3.96. The standard InChI is InChI=1S/C16H13BrClNO6/c1-9(24-14-5-3-10(18)7-12(14)17)16(20)25-15-6-4-11(23-2)8-13(15)19(21)22/h3-9H,1-2H3. The third kappa shape index (κ3) is 4.83. The first kappa shape index (κ1) is 19.0. The minimum atomic E-state index is -1.00. The summed E-state index contributed by atoms with van der Waals surface area (Å²) in [4.78, 5) is 22.6. The molecule has 0 saturated carbocycles. The average molecular weight is 431 g/mol. The summed E-state index contributed by atoms with van der Waals surface area (Å²) in [6, 6.07) is 8.73. The van der Waals surface area contributed by atoms with Crippen molar-refractivity contribution in [3.8, 4) is 17.2 Å². The van der Waals surface area contributed by atoms with Crippen molar-refractivity contribution < 1.29 is 23.9 Å². The number of ether oxygens (including phenoxy) is 3. The minimum absolute atomic E-state index is 0.193.